The number of aryl methyl sites for hydroxylation is 1. The van der Waals surface area contributed by atoms with Gasteiger partial charge in [-0.15, -0.1) is 11.3 Å². The van der Waals surface area contributed by atoms with Gasteiger partial charge >= 0.3 is 6.18 Å². The number of anilines is 1. The monoisotopic (exact) mass is 361 g/mol. The molecule has 0 saturated carbocycles. The van der Waals surface area contributed by atoms with Gasteiger partial charge in [0.1, 0.15) is 6.42 Å². The van der Waals surface area contributed by atoms with E-state index in [9.17, 15) is 13.2 Å². The number of piperazine rings is 1. The second-order valence-electron chi connectivity index (χ2n) is 5.62. The maximum Gasteiger partial charge on any atom is 0.396 e. The molecule has 1 aliphatic rings. The van der Waals surface area contributed by atoms with Crippen LogP contribution in [0.15, 0.2) is 10.7 Å². The van der Waals surface area contributed by atoms with Crippen molar-refractivity contribution in [3.63, 3.8) is 0 Å². The molecule has 10 heteroatoms. The van der Waals surface area contributed by atoms with Crippen molar-refractivity contribution in [2.75, 3.05) is 31.1 Å². The maximum atomic E-state index is 12.3. The lowest BCUT2D eigenvalue weighted by atomic mass is 10.3. The average Bonchev–Trinajstić information content (AvgIpc) is 3.16. The highest BCUT2D eigenvalue weighted by Gasteiger charge is 2.31. The molecule has 24 heavy (non-hydrogen) atoms. The van der Waals surface area contributed by atoms with Crippen LogP contribution in [0.3, 0.4) is 0 Å². The van der Waals surface area contributed by atoms with E-state index in [-0.39, 0.29) is 11.7 Å². The summed E-state index contributed by atoms with van der Waals surface area (Å²) in [5.41, 5.74) is 0. The molecule has 1 fully saturated rings. The SMILES string of the molecule is CCc1cnc(N2CCN(Cc3nc(CC(F)(F)F)no3)CC2)s1. The van der Waals surface area contributed by atoms with Gasteiger partial charge in [-0.1, -0.05) is 12.1 Å². The third-order valence-electron chi connectivity index (χ3n) is 3.76. The van der Waals surface area contributed by atoms with E-state index in [1.807, 2.05) is 6.20 Å². The zero-order valence-electron chi connectivity index (χ0n) is 13.2. The second kappa shape index (κ2) is 7.06. The Morgan fingerprint density at radius 3 is 2.62 bits per heavy atom. The number of thiazole rings is 1. The van der Waals surface area contributed by atoms with E-state index >= 15 is 0 Å². The van der Waals surface area contributed by atoms with Crippen LogP contribution < -0.4 is 4.90 Å². The topological polar surface area (TPSA) is 58.3 Å². The van der Waals surface area contributed by atoms with Gasteiger partial charge in [-0.3, -0.25) is 4.90 Å². The van der Waals surface area contributed by atoms with Crippen LogP contribution >= 0.6 is 11.3 Å². The first-order chi connectivity index (χ1) is 11.4. The van der Waals surface area contributed by atoms with Gasteiger partial charge in [0, 0.05) is 37.3 Å². The molecule has 0 atom stereocenters. The first-order valence-electron chi connectivity index (χ1n) is 7.73. The molecule has 0 unspecified atom stereocenters. The standard InChI is InChI=1S/C14H18F3N5OS/c1-2-10-8-18-13(24-10)22-5-3-21(4-6-22)9-12-19-11(20-23-12)7-14(15,16)17/h8H,2-7,9H2,1H3. The Labute approximate surface area is 141 Å². The molecule has 0 spiro atoms. The fourth-order valence-corrected chi connectivity index (χ4v) is 3.40. The van der Waals surface area contributed by atoms with Crippen molar-refractivity contribution in [2.45, 2.75) is 32.5 Å². The molecule has 1 aliphatic heterocycles. The fraction of sp³-hybridized carbons (Fsp3) is 0.643. The number of rotatable bonds is 5. The van der Waals surface area contributed by atoms with Gasteiger partial charge in [-0.2, -0.15) is 18.2 Å². The summed E-state index contributed by atoms with van der Waals surface area (Å²) >= 11 is 1.70. The Kier molecular flexibility index (Phi) is 5.04. The number of alkyl halides is 3. The van der Waals surface area contributed by atoms with Crippen molar-refractivity contribution in [2.24, 2.45) is 0 Å². The molecule has 0 aliphatic carbocycles. The molecule has 2 aromatic heterocycles. The van der Waals surface area contributed by atoms with Gasteiger partial charge in [0.2, 0.25) is 5.89 Å². The summed E-state index contributed by atoms with van der Waals surface area (Å²) in [6.45, 7) is 5.67. The fourth-order valence-electron chi connectivity index (χ4n) is 2.50. The lowest BCUT2D eigenvalue weighted by molar-refractivity contribution is -0.128. The molecule has 132 valence electrons. The summed E-state index contributed by atoms with van der Waals surface area (Å²) in [5, 5.41) is 4.41. The van der Waals surface area contributed by atoms with Crippen LogP contribution in [0.25, 0.3) is 0 Å². The Morgan fingerprint density at radius 2 is 2.00 bits per heavy atom. The van der Waals surface area contributed by atoms with E-state index in [1.54, 1.807) is 11.3 Å². The Morgan fingerprint density at radius 1 is 1.25 bits per heavy atom. The molecule has 0 amide bonds. The maximum absolute atomic E-state index is 12.3. The molecule has 3 rings (SSSR count). The molecular weight excluding hydrogens is 343 g/mol. The Balaban J connectivity index is 1.50. The van der Waals surface area contributed by atoms with Crippen LogP contribution in [-0.2, 0) is 19.4 Å². The summed E-state index contributed by atoms with van der Waals surface area (Å²) in [6, 6.07) is 0. The van der Waals surface area contributed by atoms with Gasteiger partial charge in [0.15, 0.2) is 11.0 Å². The van der Waals surface area contributed by atoms with Gasteiger partial charge in [0.05, 0.1) is 6.54 Å². The highest BCUT2D eigenvalue weighted by atomic mass is 32.1. The number of aromatic nitrogens is 3. The molecule has 2 aromatic rings. The lowest BCUT2D eigenvalue weighted by Gasteiger charge is -2.33. The van der Waals surface area contributed by atoms with Crippen LogP contribution in [0.4, 0.5) is 18.3 Å². The van der Waals surface area contributed by atoms with Gasteiger partial charge in [-0.05, 0) is 6.42 Å². The molecule has 0 N–H and O–H groups in total. The summed E-state index contributed by atoms with van der Waals surface area (Å²) in [7, 11) is 0. The third kappa shape index (κ3) is 4.44. The van der Waals surface area contributed by atoms with Crippen molar-refractivity contribution >= 4 is 16.5 Å². The highest BCUT2D eigenvalue weighted by Crippen LogP contribution is 2.24. The third-order valence-corrected chi connectivity index (χ3v) is 4.96. The summed E-state index contributed by atoms with van der Waals surface area (Å²) in [5.74, 6) is -0.0868. The van der Waals surface area contributed by atoms with E-state index in [2.05, 4.69) is 31.8 Å². The Hall–Kier alpha value is -1.68. The van der Waals surface area contributed by atoms with E-state index in [4.69, 9.17) is 4.52 Å². The molecule has 0 aromatic carbocycles. The van der Waals surface area contributed by atoms with E-state index in [1.165, 1.54) is 4.88 Å². The van der Waals surface area contributed by atoms with E-state index < -0.39 is 12.6 Å². The smallest absolute Gasteiger partial charge is 0.346 e. The number of hydrogen-bond acceptors (Lipinski definition) is 7. The van der Waals surface area contributed by atoms with E-state index in [0.717, 1.165) is 37.7 Å². The van der Waals surface area contributed by atoms with Gasteiger partial charge in [-0.25, -0.2) is 4.98 Å². The predicted molar refractivity (Wildman–Crippen MR) is 83.0 cm³/mol. The molecular formula is C14H18F3N5OS. The first-order valence-corrected chi connectivity index (χ1v) is 8.55. The van der Waals surface area contributed by atoms with Crippen LogP contribution in [0.1, 0.15) is 23.5 Å². The highest BCUT2D eigenvalue weighted by molar-refractivity contribution is 7.15. The zero-order valence-corrected chi connectivity index (χ0v) is 14.0. The summed E-state index contributed by atoms with van der Waals surface area (Å²) in [6.07, 6.45) is -2.59. The Bertz CT molecular complexity index is 663. The van der Waals surface area contributed by atoms with Crippen LogP contribution in [-0.4, -0.2) is 52.4 Å². The van der Waals surface area contributed by atoms with Gasteiger partial charge < -0.3 is 9.42 Å². The molecule has 6 nitrogen and oxygen atoms in total. The van der Waals surface area contributed by atoms with Crippen LogP contribution in [0.2, 0.25) is 0 Å². The van der Waals surface area contributed by atoms with Crippen molar-refractivity contribution in [1.82, 2.24) is 20.0 Å². The summed E-state index contributed by atoms with van der Waals surface area (Å²) in [4.78, 5) is 13.8. The van der Waals surface area contributed by atoms with Crippen LogP contribution in [0, 0.1) is 0 Å². The molecule has 0 radical (unpaired) electrons. The van der Waals surface area contributed by atoms with Crippen LogP contribution in [0.5, 0.6) is 0 Å². The predicted octanol–water partition coefficient (Wildman–Crippen LogP) is 2.52. The second-order valence-corrected chi connectivity index (χ2v) is 6.72. The molecule has 3 heterocycles. The van der Waals surface area contributed by atoms with Crippen molar-refractivity contribution in [3.8, 4) is 0 Å². The average molecular weight is 361 g/mol. The molecule has 0 bridgehead atoms. The van der Waals surface area contributed by atoms with Crippen molar-refractivity contribution in [3.05, 3.63) is 22.8 Å². The van der Waals surface area contributed by atoms with Crippen molar-refractivity contribution < 1.29 is 17.7 Å². The largest absolute Gasteiger partial charge is 0.396 e. The summed E-state index contributed by atoms with van der Waals surface area (Å²) < 4.78 is 41.8. The lowest BCUT2D eigenvalue weighted by Crippen LogP contribution is -2.46. The normalized spacial score (nSPS) is 16.8. The van der Waals surface area contributed by atoms with E-state index in [0.29, 0.717) is 6.54 Å². The quantitative estimate of drug-likeness (QED) is 0.816. The minimum absolute atomic E-state index is 0.227. The number of hydrogen-bond donors (Lipinski definition) is 0. The number of nitrogens with zero attached hydrogens (tertiary/aromatic N) is 5. The minimum atomic E-state index is -4.32. The number of halogens is 3. The zero-order chi connectivity index (χ0) is 17.2. The molecule has 1 saturated heterocycles. The van der Waals surface area contributed by atoms with Gasteiger partial charge in [0.25, 0.3) is 0 Å². The van der Waals surface area contributed by atoms with Crippen molar-refractivity contribution in [1.29, 1.82) is 0 Å². The minimum Gasteiger partial charge on any atom is -0.346 e. The first kappa shape index (κ1) is 17.2.